The van der Waals surface area contributed by atoms with Crippen LogP contribution in [-0.4, -0.2) is 82.6 Å². The third-order valence-corrected chi connectivity index (χ3v) is 4.20. The van der Waals surface area contributed by atoms with E-state index in [-0.39, 0.29) is 0 Å². The molecule has 0 aliphatic heterocycles. The number of aliphatic hydroxyl groups is 1. The second kappa shape index (κ2) is 12.9. The van der Waals surface area contributed by atoms with Gasteiger partial charge in [-0.3, -0.25) is 19.2 Å². The van der Waals surface area contributed by atoms with E-state index in [1.165, 1.54) is 18.7 Å². The number of aliphatic carboxylic acids is 1. The highest BCUT2D eigenvalue weighted by Crippen LogP contribution is 2.00. The monoisotopic (exact) mass is 421 g/mol. The van der Waals surface area contributed by atoms with Crippen molar-refractivity contribution in [1.82, 2.24) is 16.0 Å². The summed E-state index contributed by atoms with van der Waals surface area (Å²) in [5.41, 5.74) is 10.6. The summed E-state index contributed by atoms with van der Waals surface area (Å²) in [5, 5.41) is 24.8. The number of carbonyl (C=O) groups excluding carboxylic acids is 4. The minimum absolute atomic E-state index is 0.416. The number of carboxylic acid groups (broad SMARTS) is 1. The molecule has 4 amide bonds. The largest absolute Gasteiger partial charge is 0.480 e. The molecule has 0 radical (unpaired) electrons. The van der Waals surface area contributed by atoms with E-state index >= 15 is 0 Å². The maximum atomic E-state index is 12.1. The molecule has 28 heavy (non-hydrogen) atoms. The molecular formula is C15H27N5O7S. The average Bonchev–Trinajstić information content (AvgIpc) is 2.62. The number of nitrogens with two attached hydrogens (primary N) is 2. The molecule has 0 aromatic heterocycles. The Morgan fingerprint density at radius 2 is 1.57 bits per heavy atom. The lowest BCUT2D eigenvalue weighted by molar-refractivity contribution is -0.144. The Hall–Kier alpha value is -2.38. The maximum Gasteiger partial charge on any atom is 0.326 e. The molecule has 0 aliphatic rings. The SMILES string of the molecule is CSCCC(N)C(=O)NC(C)C(=O)NC(CO)C(=O)NC(CC(N)=O)C(=O)O. The smallest absolute Gasteiger partial charge is 0.326 e. The number of carboxylic acids is 1. The molecule has 160 valence electrons. The molecule has 12 nitrogen and oxygen atoms in total. The molecule has 4 atom stereocenters. The van der Waals surface area contributed by atoms with Gasteiger partial charge in [-0.05, 0) is 25.4 Å². The van der Waals surface area contributed by atoms with Crippen LogP contribution in [0.1, 0.15) is 19.8 Å². The molecule has 0 aromatic carbocycles. The van der Waals surface area contributed by atoms with Crippen LogP contribution < -0.4 is 27.4 Å². The minimum atomic E-state index is -1.61. The number of rotatable bonds is 13. The first-order chi connectivity index (χ1) is 13.0. The molecule has 9 N–H and O–H groups in total. The van der Waals surface area contributed by atoms with Gasteiger partial charge < -0.3 is 37.6 Å². The van der Waals surface area contributed by atoms with Crippen LogP contribution in [0.5, 0.6) is 0 Å². The van der Waals surface area contributed by atoms with Crippen LogP contribution in [-0.2, 0) is 24.0 Å². The van der Waals surface area contributed by atoms with Gasteiger partial charge in [-0.1, -0.05) is 0 Å². The van der Waals surface area contributed by atoms with E-state index in [0.29, 0.717) is 12.2 Å². The molecule has 0 bridgehead atoms. The highest BCUT2D eigenvalue weighted by atomic mass is 32.2. The van der Waals surface area contributed by atoms with Crippen molar-refractivity contribution in [1.29, 1.82) is 0 Å². The van der Waals surface area contributed by atoms with Crippen molar-refractivity contribution >= 4 is 41.4 Å². The summed E-state index contributed by atoms with van der Waals surface area (Å²) in [7, 11) is 0. The number of amides is 4. The summed E-state index contributed by atoms with van der Waals surface area (Å²) in [6, 6.07) is -4.96. The van der Waals surface area contributed by atoms with Gasteiger partial charge in [-0.25, -0.2) is 4.79 Å². The zero-order valence-corrected chi connectivity index (χ0v) is 16.5. The van der Waals surface area contributed by atoms with Crippen molar-refractivity contribution in [2.24, 2.45) is 11.5 Å². The lowest BCUT2D eigenvalue weighted by atomic mass is 10.1. The highest BCUT2D eigenvalue weighted by molar-refractivity contribution is 7.98. The van der Waals surface area contributed by atoms with Gasteiger partial charge >= 0.3 is 5.97 Å². The molecule has 4 unspecified atom stereocenters. The molecule has 0 fully saturated rings. The maximum absolute atomic E-state index is 12.1. The van der Waals surface area contributed by atoms with Crippen LogP contribution in [0, 0.1) is 0 Å². The van der Waals surface area contributed by atoms with Crippen LogP contribution in [0.25, 0.3) is 0 Å². The van der Waals surface area contributed by atoms with Crippen LogP contribution in [0.3, 0.4) is 0 Å². The molecular weight excluding hydrogens is 394 g/mol. The molecule has 0 saturated carbocycles. The fraction of sp³-hybridized carbons (Fsp3) is 0.667. The first-order valence-corrected chi connectivity index (χ1v) is 9.70. The zero-order valence-electron chi connectivity index (χ0n) is 15.6. The molecule has 0 aliphatic carbocycles. The number of hydrogen-bond donors (Lipinski definition) is 7. The van der Waals surface area contributed by atoms with E-state index in [4.69, 9.17) is 16.6 Å². The van der Waals surface area contributed by atoms with Crippen LogP contribution in [0.4, 0.5) is 0 Å². The quantitative estimate of drug-likeness (QED) is 0.157. The summed E-state index contributed by atoms with van der Waals surface area (Å²) in [6.45, 7) is 0.516. The lowest BCUT2D eigenvalue weighted by Gasteiger charge is -2.22. The Morgan fingerprint density at radius 3 is 2.04 bits per heavy atom. The van der Waals surface area contributed by atoms with Crippen molar-refractivity contribution in [2.75, 3.05) is 18.6 Å². The van der Waals surface area contributed by atoms with Crippen molar-refractivity contribution in [3.05, 3.63) is 0 Å². The van der Waals surface area contributed by atoms with Gasteiger partial charge in [0.1, 0.15) is 18.1 Å². The topological polar surface area (TPSA) is 214 Å². The number of thioether (sulfide) groups is 1. The third-order valence-electron chi connectivity index (χ3n) is 3.56. The Bertz CT molecular complexity index is 589. The van der Waals surface area contributed by atoms with Crippen LogP contribution >= 0.6 is 11.8 Å². The number of primary amides is 1. The summed E-state index contributed by atoms with van der Waals surface area (Å²) in [4.78, 5) is 58.0. The van der Waals surface area contributed by atoms with Crippen molar-refractivity contribution < 1.29 is 34.2 Å². The van der Waals surface area contributed by atoms with Crippen LogP contribution in [0.15, 0.2) is 0 Å². The van der Waals surface area contributed by atoms with Crippen molar-refractivity contribution in [3.63, 3.8) is 0 Å². The van der Waals surface area contributed by atoms with E-state index in [2.05, 4.69) is 10.6 Å². The first-order valence-electron chi connectivity index (χ1n) is 8.31. The molecule has 13 heteroatoms. The van der Waals surface area contributed by atoms with Gasteiger partial charge in [0.2, 0.25) is 23.6 Å². The average molecular weight is 421 g/mol. The molecule has 0 rings (SSSR count). The van der Waals surface area contributed by atoms with Gasteiger partial charge in [0.25, 0.3) is 0 Å². The third kappa shape index (κ3) is 9.53. The van der Waals surface area contributed by atoms with Gasteiger partial charge in [-0.15, -0.1) is 0 Å². The minimum Gasteiger partial charge on any atom is -0.480 e. The predicted molar refractivity (Wildman–Crippen MR) is 101 cm³/mol. The molecule has 0 saturated heterocycles. The van der Waals surface area contributed by atoms with E-state index in [9.17, 15) is 29.1 Å². The van der Waals surface area contributed by atoms with E-state index < -0.39 is 66.8 Å². The number of hydrogen-bond acceptors (Lipinski definition) is 8. The number of carbonyl (C=O) groups is 5. The Balaban J connectivity index is 4.79. The summed E-state index contributed by atoms with van der Waals surface area (Å²) in [5.74, 6) is -4.16. The predicted octanol–water partition coefficient (Wildman–Crippen LogP) is -3.51. The Labute approximate surface area is 166 Å². The highest BCUT2D eigenvalue weighted by Gasteiger charge is 2.29. The standard InChI is InChI=1S/C15H27N5O7S/c1-7(18-13(24)8(16)3-4-28-2)12(23)20-10(6-21)14(25)19-9(15(26)27)5-11(17)22/h7-10,21H,3-6,16H2,1-2H3,(H2,17,22)(H,18,24)(H,19,25)(H,20,23)(H,26,27). The van der Waals surface area contributed by atoms with E-state index in [1.54, 1.807) is 0 Å². The number of nitrogens with one attached hydrogen (secondary N) is 3. The Morgan fingerprint density at radius 1 is 1.00 bits per heavy atom. The fourth-order valence-electron chi connectivity index (χ4n) is 1.93. The molecule has 0 heterocycles. The van der Waals surface area contributed by atoms with Gasteiger partial charge in [0, 0.05) is 0 Å². The Kier molecular flexibility index (Phi) is 11.8. The van der Waals surface area contributed by atoms with Crippen molar-refractivity contribution in [3.8, 4) is 0 Å². The zero-order chi connectivity index (χ0) is 21.9. The van der Waals surface area contributed by atoms with E-state index in [1.807, 2.05) is 11.6 Å². The second-order valence-electron chi connectivity index (χ2n) is 5.93. The summed E-state index contributed by atoms with van der Waals surface area (Å²) >= 11 is 1.52. The first kappa shape index (κ1) is 25.6. The number of aliphatic hydroxyl groups excluding tert-OH is 1. The second-order valence-corrected chi connectivity index (χ2v) is 6.92. The van der Waals surface area contributed by atoms with Gasteiger partial charge in [0.15, 0.2) is 0 Å². The van der Waals surface area contributed by atoms with Gasteiger partial charge in [0.05, 0.1) is 19.1 Å². The summed E-state index contributed by atoms with van der Waals surface area (Å²) in [6.07, 6.45) is 1.62. The van der Waals surface area contributed by atoms with Crippen LogP contribution in [0.2, 0.25) is 0 Å². The molecule has 0 spiro atoms. The van der Waals surface area contributed by atoms with Gasteiger partial charge in [-0.2, -0.15) is 11.8 Å². The lowest BCUT2D eigenvalue weighted by Crippen LogP contribution is -2.57. The fourth-order valence-corrected chi connectivity index (χ4v) is 2.42. The summed E-state index contributed by atoms with van der Waals surface area (Å²) < 4.78 is 0. The molecule has 0 aromatic rings. The van der Waals surface area contributed by atoms with Crippen molar-refractivity contribution in [2.45, 2.75) is 43.9 Å². The normalized spacial score (nSPS) is 14.9. The van der Waals surface area contributed by atoms with E-state index in [0.717, 1.165) is 0 Å².